The molecular weight excluding hydrogens is 496 g/mol. The Morgan fingerprint density at radius 3 is 2.38 bits per heavy atom. The Morgan fingerprint density at radius 2 is 1.78 bits per heavy atom. The molecule has 1 heterocycles. The minimum absolute atomic E-state index is 0.0228. The van der Waals surface area contributed by atoms with Gasteiger partial charge in [-0.05, 0) is 60.4 Å². The molecule has 37 heavy (non-hydrogen) atoms. The highest BCUT2D eigenvalue weighted by Crippen LogP contribution is 2.23. The summed E-state index contributed by atoms with van der Waals surface area (Å²) in [5.74, 6) is -4.64. The van der Waals surface area contributed by atoms with E-state index < -0.39 is 53.1 Å². The number of aromatic nitrogens is 2. The molecule has 0 spiro atoms. The molecule has 0 saturated carbocycles. The van der Waals surface area contributed by atoms with Crippen LogP contribution >= 0.6 is 0 Å². The number of nitrogens with zero attached hydrogens (tertiary/aromatic N) is 2. The van der Waals surface area contributed by atoms with Crippen molar-refractivity contribution in [1.82, 2.24) is 9.55 Å². The van der Waals surface area contributed by atoms with Crippen LogP contribution < -0.4 is 16.6 Å². The number of hydrogen-bond acceptors (Lipinski definition) is 5. The molecular formula is C25H20F4N4O4. The first-order chi connectivity index (χ1) is 17.2. The average Bonchev–Trinajstić information content (AvgIpc) is 2.78. The molecule has 1 amide bonds. The molecule has 12 heteroatoms. The third-order valence-corrected chi connectivity index (χ3v) is 5.31. The standard InChI is InChI=1S/C25H20F4N4O4/c1-12(2)19-20(21(34)16-5-13(3)4-14(6-16)10-30)33(24(37)32-22(19)35)11-15-7-17(26)9-18(8-15)31-23(36)25(27,28)29/h4-9,12H,11H2,1-3H3,(H,31,36)(H,32,35,37). The van der Waals surface area contributed by atoms with Crippen molar-refractivity contribution >= 4 is 17.4 Å². The zero-order chi connectivity index (χ0) is 27.7. The molecule has 192 valence electrons. The van der Waals surface area contributed by atoms with Crippen LogP contribution in [0.3, 0.4) is 0 Å². The van der Waals surface area contributed by atoms with Gasteiger partial charge in [-0.2, -0.15) is 18.4 Å². The van der Waals surface area contributed by atoms with Gasteiger partial charge in [-0.25, -0.2) is 9.18 Å². The molecule has 2 aromatic carbocycles. The SMILES string of the molecule is Cc1cc(C#N)cc(C(=O)c2c(C(C)C)c(=O)[nH]c(=O)n2Cc2cc(F)cc(NC(=O)C(F)(F)F)c2)c1. The van der Waals surface area contributed by atoms with Crippen LogP contribution in [0.5, 0.6) is 0 Å². The van der Waals surface area contributed by atoms with Crippen molar-refractivity contribution in [3.63, 3.8) is 0 Å². The second-order valence-electron chi connectivity index (χ2n) is 8.59. The molecule has 2 N–H and O–H groups in total. The normalized spacial score (nSPS) is 11.3. The Balaban J connectivity index is 2.20. The maximum absolute atomic E-state index is 14.2. The van der Waals surface area contributed by atoms with Gasteiger partial charge in [-0.1, -0.05) is 13.8 Å². The molecule has 3 rings (SSSR count). The number of carbonyl (C=O) groups excluding carboxylic acids is 2. The van der Waals surface area contributed by atoms with Crippen molar-refractivity contribution in [1.29, 1.82) is 5.26 Å². The van der Waals surface area contributed by atoms with Gasteiger partial charge in [0.1, 0.15) is 11.5 Å². The van der Waals surface area contributed by atoms with Gasteiger partial charge >= 0.3 is 17.8 Å². The van der Waals surface area contributed by atoms with Crippen LogP contribution in [-0.4, -0.2) is 27.4 Å². The lowest BCUT2D eigenvalue weighted by Crippen LogP contribution is -2.38. The fourth-order valence-electron chi connectivity index (χ4n) is 3.83. The Morgan fingerprint density at radius 1 is 1.11 bits per heavy atom. The van der Waals surface area contributed by atoms with Gasteiger partial charge in [-0.3, -0.25) is 23.9 Å². The molecule has 3 aromatic rings. The van der Waals surface area contributed by atoms with Gasteiger partial charge in [0.2, 0.25) is 5.78 Å². The van der Waals surface area contributed by atoms with Crippen LogP contribution in [0.25, 0.3) is 0 Å². The van der Waals surface area contributed by atoms with Crippen LogP contribution in [0, 0.1) is 24.1 Å². The fraction of sp³-hybridized carbons (Fsp3) is 0.240. The zero-order valence-electron chi connectivity index (χ0n) is 19.8. The Hall–Kier alpha value is -4.53. The topological polar surface area (TPSA) is 125 Å². The van der Waals surface area contributed by atoms with Crippen LogP contribution in [0.4, 0.5) is 23.2 Å². The third-order valence-electron chi connectivity index (χ3n) is 5.31. The monoisotopic (exact) mass is 516 g/mol. The first-order valence-electron chi connectivity index (χ1n) is 10.8. The average molecular weight is 516 g/mol. The number of halogens is 4. The van der Waals surface area contributed by atoms with Crippen molar-refractivity contribution in [2.24, 2.45) is 0 Å². The van der Waals surface area contributed by atoms with Gasteiger partial charge in [-0.15, -0.1) is 0 Å². The van der Waals surface area contributed by atoms with Crippen LogP contribution in [-0.2, 0) is 11.3 Å². The number of nitrogens with one attached hydrogen (secondary N) is 2. The van der Waals surface area contributed by atoms with Crippen molar-refractivity contribution in [2.45, 2.75) is 39.4 Å². The second-order valence-corrected chi connectivity index (χ2v) is 8.59. The molecule has 0 unspecified atom stereocenters. The summed E-state index contributed by atoms with van der Waals surface area (Å²) in [5.41, 5.74) is -2.03. The number of H-pyrrole nitrogens is 1. The lowest BCUT2D eigenvalue weighted by atomic mass is 9.95. The molecule has 0 aliphatic carbocycles. The Bertz CT molecular complexity index is 1560. The number of anilines is 1. The van der Waals surface area contributed by atoms with E-state index in [1.807, 2.05) is 6.07 Å². The van der Waals surface area contributed by atoms with E-state index in [0.29, 0.717) is 11.6 Å². The minimum Gasteiger partial charge on any atom is -0.318 e. The van der Waals surface area contributed by atoms with Crippen molar-refractivity contribution in [2.75, 3.05) is 5.32 Å². The van der Waals surface area contributed by atoms with Crippen molar-refractivity contribution < 1.29 is 27.2 Å². The summed E-state index contributed by atoms with van der Waals surface area (Å²) >= 11 is 0. The summed E-state index contributed by atoms with van der Waals surface area (Å²) in [6.45, 7) is 4.34. The minimum atomic E-state index is -5.22. The van der Waals surface area contributed by atoms with Gasteiger partial charge in [0.15, 0.2) is 0 Å². The molecule has 0 atom stereocenters. The number of aromatic amines is 1. The van der Waals surface area contributed by atoms with Gasteiger partial charge < -0.3 is 5.32 Å². The Labute approximate surface area is 207 Å². The molecule has 0 fully saturated rings. The summed E-state index contributed by atoms with van der Waals surface area (Å²) in [6.07, 6.45) is -5.22. The highest BCUT2D eigenvalue weighted by molar-refractivity contribution is 6.09. The number of rotatable bonds is 6. The van der Waals surface area contributed by atoms with Crippen molar-refractivity contribution in [3.05, 3.63) is 96.6 Å². The molecule has 0 aliphatic heterocycles. The highest BCUT2D eigenvalue weighted by Gasteiger charge is 2.38. The van der Waals surface area contributed by atoms with E-state index in [9.17, 15) is 42.0 Å². The number of amides is 1. The van der Waals surface area contributed by atoms with E-state index in [1.54, 1.807) is 20.8 Å². The second kappa shape index (κ2) is 10.2. The summed E-state index contributed by atoms with van der Waals surface area (Å²) < 4.78 is 53.0. The number of carbonyl (C=O) groups is 2. The third kappa shape index (κ3) is 6.00. The maximum atomic E-state index is 14.2. The van der Waals surface area contributed by atoms with E-state index in [0.717, 1.165) is 16.7 Å². The van der Waals surface area contributed by atoms with E-state index in [4.69, 9.17) is 0 Å². The Kier molecular flexibility index (Phi) is 7.48. The molecule has 0 bridgehead atoms. The van der Waals surface area contributed by atoms with E-state index in [1.165, 1.54) is 23.5 Å². The smallest absolute Gasteiger partial charge is 0.318 e. The highest BCUT2D eigenvalue weighted by atomic mass is 19.4. The molecule has 0 radical (unpaired) electrons. The van der Waals surface area contributed by atoms with E-state index in [-0.39, 0.29) is 27.9 Å². The molecule has 1 aromatic heterocycles. The number of ketones is 1. The number of benzene rings is 2. The molecule has 0 saturated heterocycles. The maximum Gasteiger partial charge on any atom is 0.471 e. The first kappa shape index (κ1) is 27.1. The number of alkyl halides is 3. The van der Waals surface area contributed by atoms with Crippen LogP contribution in [0.15, 0.2) is 46.0 Å². The van der Waals surface area contributed by atoms with Crippen molar-refractivity contribution in [3.8, 4) is 6.07 Å². The predicted molar refractivity (Wildman–Crippen MR) is 125 cm³/mol. The molecule has 8 nitrogen and oxygen atoms in total. The summed E-state index contributed by atoms with van der Waals surface area (Å²) in [5, 5.41) is 10.8. The molecule has 0 aliphatic rings. The first-order valence-corrected chi connectivity index (χ1v) is 10.8. The predicted octanol–water partition coefficient (Wildman–Crippen LogP) is 3.76. The largest absolute Gasteiger partial charge is 0.471 e. The zero-order valence-corrected chi connectivity index (χ0v) is 19.8. The summed E-state index contributed by atoms with van der Waals surface area (Å²) in [7, 11) is 0. The van der Waals surface area contributed by atoms with Crippen LogP contribution in [0.1, 0.15) is 58.1 Å². The van der Waals surface area contributed by atoms with Gasteiger partial charge in [0.05, 0.1) is 18.2 Å². The summed E-state index contributed by atoms with van der Waals surface area (Å²) in [4.78, 5) is 52.5. The number of aryl methyl sites for hydroxylation is 1. The van der Waals surface area contributed by atoms with Crippen LogP contribution in [0.2, 0.25) is 0 Å². The van der Waals surface area contributed by atoms with E-state index >= 15 is 0 Å². The number of hydrogen-bond donors (Lipinski definition) is 2. The summed E-state index contributed by atoms with van der Waals surface area (Å²) in [6, 6.07) is 8.79. The van der Waals surface area contributed by atoms with E-state index in [2.05, 4.69) is 4.98 Å². The quantitative estimate of drug-likeness (QED) is 0.381. The number of nitriles is 1. The van der Waals surface area contributed by atoms with Gasteiger partial charge in [0, 0.05) is 16.8 Å². The lowest BCUT2D eigenvalue weighted by molar-refractivity contribution is -0.167. The fourth-order valence-corrected chi connectivity index (χ4v) is 3.83. The lowest BCUT2D eigenvalue weighted by Gasteiger charge is -2.18. The van der Waals surface area contributed by atoms with Gasteiger partial charge in [0.25, 0.3) is 5.56 Å².